The van der Waals surface area contributed by atoms with Gasteiger partial charge in [-0.1, -0.05) is 48.5 Å². The maximum atomic E-state index is 14.7. The van der Waals surface area contributed by atoms with E-state index in [1.54, 1.807) is 12.1 Å². The molecule has 1 heterocycles. The number of ether oxygens (including phenoxy) is 2. The zero-order chi connectivity index (χ0) is 28.0. The molecule has 0 fully saturated rings. The van der Waals surface area contributed by atoms with Gasteiger partial charge in [0.15, 0.2) is 11.5 Å². The smallest absolute Gasteiger partial charge is 0.244 e. The predicted octanol–water partition coefficient (Wildman–Crippen LogP) is 2.75. The molecule has 4 rings (SSSR count). The summed E-state index contributed by atoms with van der Waals surface area (Å²) in [6.07, 6.45) is 1.13. The van der Waals surface area contributed by atoms with Gasteiger partial charge in [-0.05, 0) is 23.8 Å². The van der Waals surface area contributed by atoms with Crippen LogP contribution >= 0.6 is 0 Å². The SMILES string of the molecule is CNC(=O)[C@@H](Cc1ccccc1)N(Cc1ccccc1F)C(=O)CN(c1ccc2c(c1)OCCO2)S(C)(=O)=O. The first-order valence-electron chi connectivity index (χ1n) is 12.3. The van der Waals surface area contributed by atoms with Crippen LogP contribution in [0, 0.1) is 5.82 Å². The summed E-state index contributed by atoms with van der Waals surface area (Å²) >= 11 is 0. The Kier molecular flexibility index (Phi) is 8.70. The molecule has 0 saturated heterocycles. The van der Waals surface area contributed by atoms with Crippen molar-refractivity contribution in [3.05, 3.63) is 89.7 Å². The van der Waals surface area contributed by atoms with E-state index >= 15 is 0 Å². The fraction of sp³-hybridized carbons (Fsp3) is 0.286. The minimum atomic E-state index is -3.95. The maximum Gasteiger partial charge on any atom is 0.244 e. The molecule has 0 saturated carbocycles. The summed E-state index contributed by atoms with van der Waals surface area (Å²) in [5, 5.41) is 2.58. The molecule has 9 nitrogen and oxygen atoms in total. The average Bonchev–Trinajstić information content (AvgIpc) is 2.93. The van der Waals surface area contributed by atoms with Crippen LogP contribution < -0.4 is 19.1 Å². The summed E-state index contributed by atoms with van der Waals surface area (Å²) in [6, 6.07) is 18.6. The van der Waals surface area contributed by atoms with Crippen molar-refractivity contribution < 1.29 is 31.9 Å². The summed E-state index contributed by atoms with van der Waals surface area (Å²) in [4.78, 5) is 28.2. The fourth-order valence-corrected chi connectivity index (χ4v) is 5.17. The summed E-state index contributed by atoms with van der Waals surface area (Å²) in [7, 11) is -2.50. The standard InChI is InChI=1S/C28H30FN3O6S/c1-30-28(34)24(16-20-8-4-3-5-9-20)31(18-21-10-6-7-11-23(21)29)27(33)19-32(39(2,35)36)22-12-13-25-26(17-22)38-15-14-37-25/h3-13,17,24H,14-16,18-19H2,1-2H3,(H,30,34)/t24-/m1/s1. The Morgan fingerprint density at radius 2 is 1.64 bits per heavy atom. The van der Waals surface area contributed by atoms with Crippen LogP contribution in [0.25, 0.3) is 0 Å². The Labute approximate surface area is 227 Å². The van der Waals surface area contributed by atoms with E-state index in [1.807, 2.05) is 30.3 Å². The molecule has 1 aliphatic heterocycles. The summed E-state index contributed by atoms with van der Waals surface area (Å²) in [5.41, 5.74) is 1.17. The molecule has 0 spiro atoms. The van der Waals surface area contributed by atoms with Gasteiger partial charge in [0.25, 0.3) is 0 Å². The van der Waals surface area contributed by atoms with Gasteiger partial charge in [0.1, 0.15) is 31.6 Å². The number of carbonyl (C=O) groups excluding carboxylic acids is 2. The van der Waals surface area contributed by atoms with Gasteiger partial charge < -0.3 is 19.7 Å². The third-order valence-electron chi connectivity index (χ3n) is 6.31. The lowest BCUT2D eigenvalue weighted by molar-refractivity contribution is -0.139. The number of amides is 2. The second kappa shape index (κ2) is 12.2. The number of hydrogen-bond donors (Lipinski definition) is 1. The van der Waals surface area contributed by atoms with Crippen molar-refractivity contribution in [3.63, 3.8) is 0 Å². The number of fused-ring (bicyclic) bond motifs is 1. The van der Waals surface area contributed by atoms with Gasteiger partial charge in [0.2, 0.25) is 21.8 Å². The normalized spacial score (nSPS) is 13.3. The number of sulfonamides is 1. The quantitative estimate of drug-likeness (QED) is 0.413. The lowest BCUT2D eigenvalue weighted by Gasteiger charge is -2.33. The largest absolute Gasteiger partial charge is 0.486 e. The van der Waals surface area contributed by atoms with Crippen molar-refractivity contribution >= 4 is 27.5 Å². The summed E-state index contributed by atoms with van der Waals surface area (Å²) in [5.74, 6) is -0.863. The zero-order valence-corrected chi connectivity index (χ0v) is 22.5. The molecule has 2 amide bonds. The average molecular weight is 556 g/mol. The number of nitrogens with zero attached hydrogens (tertiary/aromatic N) is 2. The van der Waals surface area contributed by atoms with E-state index in [0.717, 1.165) is 16.1 Å². The van der Waals surface area contributed by atoms with E-state index in [9.17, 15) is 22.4 Å². The first-order valence-corrected chi connectivity index (χ1v) is 14.2. The molecule has 0 aromatic heterocycles. The zero-order valence-electron chi connectivity index (χ0n) is 21.7. The molecular weight excluding hydrogens is 525 g/mol. The fourth-order valence-electron chi connectivity index (χ4n) is 4.33. The Morgan fingerprint density at radius 1 is 0.974 bits per heavy atom. The van der Waals surface area contributed by atoms with Crippen LogP contribution in [0.15, 0.2) is 72.8 Å². The van der Waals surface area contributed by atoms with Gasteiger partial charge in [0.05, 0.1) is 11.9 Å². The number of hydrogen-bond acceptors (Lipinski definition) is 6. The van der Waals surface area contributed by atoms with Crippen LogP contribution in [0.1, 0.15) is 11.1 Å². The van der Waals surface area contributed by atoms with Gasteiger partial charge in [-0.15, -0.1) is 0 Å². The van der Waals surface area contributed by atoms with Crippen molar-refractivity contribution in [2.24, 2.45) is 0 Å². The lowest BCUT2D eigenvalue weighted by atomic mass is 10.0. The van der Waals surface area contributed by atoms with Crippen molar-refractivity contribution in [2.45, 2.75) is 19.0 Å². The van der Waals surface area contributed by atoms with Crippen LogP contribution in [-0.2, 0) is 32.6 Å². The number of likely N-dealkylation sites (N-methyl/N-ethyl adjacent to an activating group) is 1. The van der Waals surface area contributed by atoms with E-state index in [2.05, 4.69) is 5.32 Å². The molecule has 1 N–H and O–H groups in total. The van der Waals surface area contributed by atoms with Crippen molar-refractivity contribution in [1.29, 1.82) is 0 Å². The lowest BCUT2D eigenvalue weighted by Crippen LogP contribution is -2.53. The summed E-state index contributed by atoms with van der Waals surface area (Å²) < 4.78 is 52.5. The van der Waals surface area contributed by atoms with E-state index < -0.39 is 40.2 Å². The van der Waals surface area contributed by atoms with Gasteiger partial charge in [-0.2, -0.15) is 0 Å². The highest BCUT2D eigenvalue weighted by atomic mass is 32.2. The molecule has 39 heavy (non-hydrogen) atoms. The molecule has 3 aromatic rings. The molecule has 0 radical (unpaired) electrons. The first kappa shape index (κ1) is 27.9. The highest BCUT2D eigenvalue weighted by molar-refractivity contribution is 7.92. The molecule has 0 bridgehead atoms. The second-order valence-corrected chi connectivity index (χ2v) is 10.9. The van der Waals surface area contributed by atoms with Gasteiger partial charge >= 0.3 is 0 Å². The monoisotopic (exact) mass is 555 g/mol. The van der Waals surface area contributed by atoms with Crippen LogP contribution in [-0.4, -0.2) is 64.2 Å². The molecule has 0 aliphatic carbocycles. The predicted molar refractivity (Wildman–Crippen MR) is 145 cm³/mol. The molecule has 1 aliphatic rings. The van der Waals surface area contributed by atoms with Crippen molar-refractivity contribution in [1.82, 2.24) is 10.2 Å². The molecular formula is C28H30FN3O6S. The minimum absolute atomic E-state index is 0.142. The second-order valence-electron chi connectivity index (χ2n) is 9.03. The molecule has 11 heteroatoms. The van der Waals surface area contributed by atoms with E-state index in [-0.39, 0.29) is 24.2 Å². The number of carbonyl (C=O) groups is 2. The Morgan fingerprint density at radius 3 is 2.31 bits per heavy atom. The first-order chi connectivity index (χ1) is 18.7. The molecule has 206 valence electrons. The number of nitrogens with one attached hydrogen (secondary N) is 1. The highest BCUT2D eigenvalue weighted by Gasteiger charge is 2.33. The van der Waals surface area contributed by atoms with Crippen molar-refractivity contribution in [3.8, 4) is 11.5 Å². The Balaban J connectivity index is 1.72. The van der Waals surface area contributed by atoms with Crippen molar-refractivity contribution in [2.75, 3.05) is 37.4 Å². The number of anilines is 1. The highest BCUT2D eigenvalue weighted by Crippen LogP contribution is 2.34. The van der Waals surface area contributed by atoms with Gasteiger partial charge in [-0.25, -0.2) is 12.8 Å². The molecule has 3 aromatic carbocycles. The van der Waals surface area contributed by atoms with Crippen LogP contribution in [0.3, 0.4) is 0 Å². The van der Waals surface area contributed by atoms with Crippen LogP contribution in [0.4, 0.5) is 10.1 Å². The summed E-state index contributed by atoms with van der Waals surface area (Å²) in [6.45, 7) is -0.184. The van der Waals surface area contributed by atoms with Crippen LogP contribution in [0.2, 0.25) is 0 Å². The van der Waals surface area contributed by atoms with Gasteiger partial charge in [-0.3, -0.25) is 13.9 Å². The molecule has 0 unspecified atom stereocenters. The Hall–Kier alpha value is -4.12. The topological polar surface area (TPSA) is 105 Å². The number of halogens is 1. The molecule has 1 atom stereocenters. The number of benzene rings is 3. The van der Waals surface area contributed by atoms with Gasteiger partial charge in [0, 0.05) is 31.6 Å². The maximum absolute atomic E-state index is 14.7. The Bertz CT molecular complexity index is 1430. The van der Waals surface area contributed by atoms with E-state index in [1.165, 1.54) is 42.3 Å². The van der Waals surface area contributed by atoms with Crippen LogP contribution in [0.5, 0.6) is 11.5 Å². The third-order valence-corrected chi connectivity index (χ3v) is 7.45. The van der Waals surface area contributed by atoms with E-state index in [4.69, 9.17) is 9.47 Å². The number of rotatable bonds is 10. The van der Waals surface area contributed by atoms with E-state index in [0.29, 0.717) is 24.7 Å². The minimum Gasteiger partial charge on any atom is -0.486 e. The third kappa shape index (κ3) is 6.85.